The van der Waals surface area contributed by atoms with Gasteiger partial charge in [-0.25, -0.2) is 4.98 Å². The van der Waals surface area contributed by atoms with Crippen molar-refractivity contribution >= 4 is 22.9 Å². The number of fused-ring (bicyclic) bond motifs is 1. The van der Waals surface area contributed by atoms with Crippen LogP contribution in [0.2, 0.25) is 0 Å². The molecular formula is C33H41N11O2. The van der Waals surface area contributed by atoms with E-state index in [1.165, 1.54) is 15.9 Å². The van der Waals surface area contributed by atoms with E-state index in [1.807, 2.05) is 23.6 Å². The maximum Gasteiger partial charge on any atom is 0.229 e. The predicted molar refractivity (Wildman–Crippen MR) is 175 cm³/mol. The number of likely N-dealkylation sites (N-methyl/N-ethyl adjacent to an activating group) is 1. The second-order valence-electron chi connectivity index (χ2n) is 12.5. The molecule has 1 unspecified atom stereocenters. The molecule has 240 valence electrons. The summed E-state index contributed by atoms with van der Waals surface area (Å²) in [5.74, 6) is 1.93. The van der Waals surface area contributed by atoms with Gasteiger partial charge in [-0.1, -0.05) is 67.6 Å². The van der Waals surface area contributed by atoms with Crippen LogP contribution < -0.4 is 10.2 Å². The quantitative estimate of drug-likeness (QED) is 0.211. The molecule has 0 radical (unpaired) electrons. The second kappa shape index (κ2) is 12.7. The fourth-order valence-electron chi connectivity index (χ4n) is 6.78. The van der Waals surface area contributed by atoms with E-state index < -0.39 is 24.3 Å². The van der Waals surface area contributed by atoms with Crippen LogP contribution in [0.3, 0.4) is 0 Å². The Morgan fingerprint density at radius 2 is 1.65 bits per heavy atom. The first-order valence-corrected chi connectivity index (χ1v) is 16.1. The Hall–Kier alpha value is -4.46. The van der Waals surface area contributed by atoms with E-state index in [-0.39, 0.29) is 5.92 Å². The number of tetrazole rings is 1. The van der Waals surface area contributed by atoms with Crippen LogP contribution >= 0.6 is 0 Å². The van der Waals surface area contributed by atoms with E-state index in [4.69, 9.17) is 15.0 Å². The van der Waals surface area contributed by atoms with Crippen molar-refractivity contribution in [2.24, 2.45) is 0 Å². The van der Waals surface area contributed by atoms with Crippen molar-refractivity contribution in [2.45, 2.75) is 62.4 Å². The maximum absolute atomic E-state index is 11.3. The van der Waals surface area contributed by atoms with Crippen molar-refractivity contribution < 1.29 is 10.2 Å². The average Bonchev–Trinajstić information content (AvgIpc) is 3.89. The molecule has 1 aliphatic carbocycles. The predicted octanol–water partition coefficient (Wildman–Crippen LogP) is 2.67. The van der Waals surface area contributed by atoms with Gasteiger partial charge in [0.15, 0.2) is 22.8 Å². The number of rotatable bonds is 10. The summed E-state index contributed by atoms with van der Waals surface area (Å²) < 4.78 is 1.88. The number of imidazole rings is 1. The highest BCUT2D eigenvalue weighted by Crippen LogP contribution is 2.40. The van der Waals surface area contributed by atoms with E-state index in [9.17, 15) is 10.2 Å². The highest BCUT2D eigenvalue weighted by molar-refractivity contribution is 5.84. The molecule has 2 aromatic carbocycles. The van der Waals surface area contributed by atoms with Crippen molar-refractivity contribution in [3.8, 4) is 0 Å². The van der Waals surface area contributed by atoms with E-state index in [0.717, 1.165) is 19.5 Å². The minimum Gasteiger partial charge on any atom is -0.388 e. The molecule has 2 fully saturated rings. The first-order valence-electron chi connectivity index (χ1n) is 16.1. The first-order chi connectivity index (χ1) is 22.4. The summed E-state index contributed by atoms with van der Waals surface area (Å²) in [6, 6.07) is 20.3. The number of benzene rings is 2. The molecule has 5 atom stereocenters. The highest BCUT2D eigenvalue weighted by atomic mass is 16.3. The van der Waals surface area contributed by atoms with E-state index >= 15 is 0 Å². The molecule has 7 rings (SSSR count). The number of aliphatic hydroxyl groups is 2. The SMILES string of the molecule is CCc1nnn([C@H]2C[C@@H](n3cnc4c(NCC(c5ccccc5)c5ccccc5)nc(N5CCC(N(C)C)C5)nc43)[C@H](O)[C@@H]2O)n1. The van der Waals surface area contributed by atoms with E-state index in [1.54, 1.807) is 6.33 Å². The lowest BCUT2D eigenvalue weighted by atomic mass is 9.91. The lowest BCUT2D eigenvalue weighted by molar-refractivity contribution is 0.00473. The summed E-state index contributed by atoms with van der Waals surface area (Å²) in [6.45, 7) is 4.20. The summed E-state index contributed by atoms with van der Waals surface area (Å²) in [4.78, 5) is 20.8. The summed E-state index contributed by atoms with van der Waals surface area (Å²) in [7, 11) is 4.20. The Kier molecular flexibility index (Phi) is 8.36. The van der Waals surface area contributed by atoms with Crippen LogP contribution in [0.15, 0.2) is 67.0 Å². The molecule has 3 aromatic heterocycles. The molecule has 46 heavy (non-hydrogen) atoms. The zero-order valence-corrected chi connectivity index (χ0v) is 26.4. The number of anilines is 2. The van der Waals surface area contributed by atoms with Crippen LogP contribution in [-0.4, -0.2) is 107 Å². The highest BCUT2D eigenvalue weighted by Gasteiger charge is 2.45. The van der Waals surface area contributed by atoms with Crippen molar-refractivity contribution in [1.29, 1.82) is 0 Å². The number of nitrogens with one attached hydrogen (secondary N) is 1. The average molecular weight is 624 g/mol. The zero-order valence-electron chi connectivity index (χ0n) is 26.4. The first kappa shape index (κ1) is 30.2. The fourth-order valence-corrected chi connectivity index (χ4v) is 6.78. The number of hydrogen-bond donors (Lipinski definition) is 3. The molecule has 0 bridgehead atoms. The number of aliphatic hydroxyl groups excluding tert-OH is 2. The van der Waals surface area contributed by atoms with Crippen LogP contribution in [0.4, 0.5) is 11.8 Å². The Balaban J connectivity index is 1.25. The van der Waals surface area contributed by atoms with Gasteiger partial charge in [0, 0.05) is 38.0 Å². The normalized spacial score (nSPS) is 23.3. The van der Waals surface area contributed by atoms with Crippen LogP contribution in [0, 0.1) is 0 Å². The lowest BCUT2D eigenvalue weighted by Gasteiger charge is -2.23. The number of nitrogens with zero attached hydrogens (tertiary/aromatic N) is 10. The van der Waals surface area contributed by atoms with Gasteiger partial charge < -0.3 is 29.9 Å². The summed E-state index contributed by atoms with van der Waals surface area (Å²) >= 11 is 0. The van der Waals surface area contributed by atoms with Crippen molar-refractivity contribution in [3.63, 3.8) is 0 Å². The lowest BCUT2D eigenvalue weighted by Crippen LogP contribution is -2.32. The number of aromatic nitrogens is 8. The van der Waals surface area contributed by atoms with Crippen LogP contribution in [0.1, 0.15) is 54.7 Å². The summed E-state index contributed by atoms with van der Waals surface area (Å²) in [5.41, 5.74) is 3.62. The van der Waals surface area contributed by atoms with Gasteiger partial charge in [-0.3, -0.25) is 0 Å². The summed E-state index contributed by atoms with van der Waals surface area (Å²) in [6.07, 6.45) is 1.60. The van der Waals surface area contributed by atoms with E-state index in [0.29, 0.717) is 54.2 Å². The Morgan fingerprint density at radius 3 is 2.28 bits per heavy atom. The molecule has 3 N–H and O–H groups in total. The second-order valence-corrected chi connectivity index (χ2v) is 12.5. The third-order valence-electron chi connectivity index (χ3n) is 9.52. The van der Waals surface area contributed by atoms with Gasteiger partial charge in [-0.2, -0.15) is 14.8 Å². The van der Waals surface area contributed by atoms with Gasteiger partial charge in [0.2, 0.25) is 5.95 Å². The van der Waals surface area contributed by atoms with Gasteiger partial charge in [0.25, 0.3) is 0 Å². The molecule has 5 aromatic rings. The number of aryl methyl sites for hydroxylation is 1. The van der Waals surface area contributed by atoms with Gasteiger partial charge >= 0.3 is 0 Å². The minimum absolute atomic E-state index is 0.0820. The number of hydrogen-bond acceptors (Lipinski definition) is 11. The largest absolute Gasteiger partial charge is 0.388 e. The van der Waals surface area contributed by atoms with E-state index in [2.05, 4.69) is 93.2 Å². The topological polar surface area (TPSA) is 146 Å². The van der Waals surface area contributed by atoms with Gasteiger partial charge in [-0.05, 0) is 43.3 Å². The van der Waals surface area contributed by atoms with Gasteiger partial charge in [-0.15, -0.1) is 10.2 Å². The molecule has 2 aliphatic rings. The molecule has 1 saturated heterocycles. The third kappa shape index (κ3) is 5.70. The zero-order chi connectivity index (χ0) is 31.8. The molecule has 1 aliphatic heterocycles. The smallest absolute Gasteiger partial charge is 0.229 e. The Bertz CT molecular complexity index is 1720. The van der Waals surface area contributed by atoms with Gasteiger partial charge in [0.05, 0.1) is 12.4 Å². The van der Waals surface area contributed by atoms with Gasteiger partial charge in [0.1, 0.15) is 18.2 Å². The standard InChI is InChI=1S/C33H41N11O2/c1-4-27-38-40-44(39-27)26-17-25(29(45)30(26)46)43-20-35-28-31(36-33(37-32(28)43)42-16-15-23(19-42)41(2)3)34-18-24(21-11-7-5-8-12-21)22-13-9-6-10-14-22/h5-14,20,23-26,29-30,45-46H,4,15-19H2,1-3H3,(H,34,36,37)/t23?,25-,26+,29+,30-/m1/s1. The maximum atomic E-state index is 11.3. The van der Waals surface area contributed by atoms with Crippen LogP contribution in [0.5, 0.6) is 0 Å². The molecule has 4 heterocycles. The molecular weight excluding hydrogens is 582 g/mol. The molecule has 0 spiro atoms. The molecule has 1 saturated carbocycles. The monoisotopic (exact) mass is 623 g/mol. The molecule has 0 amide bonds. The summed E-state index contributed by atoms with van der Waals surface area (Å²) in [5, 5.41) is 38.7. The Morgan fingerprint density at radius 1 is 0.957 bits per heavy atom. The minimum atomic E-state index is -1.07. The van der Waals surface area contributed by atoms with Crippen molar-refractivity contribution in [1.82, 2.24) is 44.6 Å². The van der Waals surface area contributed by atoms with Crippen LogP contribution in [-0.2, 0) is 6.42 Å². The van der Waals surface area contributed by atoms with Crippen molar-refractivity contribution in [3.05, 3.63) is 83.9 Å². The third-order valence-corrected chi connectivity index (χ3v) is 9.52. The fraction of sp³-hybridized carbons (Fsp3) is 0.455. The van der Waals surface area contributed by atoms with Crippen molar-refractivity contribution in [2.75, 3.05) is 43.9 Å². The molecule has 13 heteroatoms. The molecule has 13 nitrogen and oxygen atoms in total. The Labute approximate surface area is 267 Å². The van der Waals surface area contributed by atoms with Crippen LogP contribution in [0.25, 0.3) is 11.2 Å².